The number of hydrogen-bond donors (Lipinski definition) is 6. The van der Waals surface area contributed by atoms with Crippen LogP contribution in [-0.4, -0.2) is 121 Å². The SMILES string of the molecule is CN(C)S(=O)(=O)NC(=O)OCc1ccc(-n2nc(C(C)(C)C)cc2NC(=O)Nc2ccc(OCCc3cccnc3)c3ccccc23)cc1.CN(C)S(=O)(=O)NC(=O)OCc1ccc(-n2nc(C(C)(C)C)cc2NC(=O)Nc2ccc(OCCc3cccnc3)cc2)cc1. The molecule has 0 aliphatic heterocycles. The van der Waals surface area contributed by atoms with Crippen molar-refractivity contribution in [2.75, 3.05) is 62.7 Å². The molecule has 0 unspecified atom stereocenters. The molecule has 9 aromatic rings. The molecule has 0 aliphatic rings. The Bertz CT molecular complexity index is 4290. The molecule has 5 aromatic carbocycles. The van der Waals surface area contributed by atoms with Gasteiger partial charge in [-0.25, -0.2) is 38.0 Å². The molecule has 4 heterocycles. The first-order valence-electron chi connectivity index (χ1n) is 29.6. The average molecular weight is 1320 g/mol. The Kier molecular flexibility index (Phi) is 22.8. The van der Waals surface area contributed by atoms with Crippen LogP contribution in [0.15, 0.2) is 170 Å². The second-order valence-electron chi connectivity index (χ2n) is 23.7. The molecule has 0 atom stereocenters. The van der Waals surface area contributed by atoms with Gasteiger partial charge in [0, 0.05) is 105 Å². The molecule has 0 aliphatic carbocycles. The van der Waals surface area contributed by atoms with E-state index >= 15 is 0 Å². The lowest BCUT2D eigenvalue weighted by Crippen LogP contribution is -2.39. The van der Waals surface area contributed by atoms with E-state index in [4.69, 9.17) is 29.1 Å². The first-order chi connectivity index (χ1) is 44.6. The average Bonchev–Trinajstić information content (AvgIpc) is 1.52. The van der Waals surface area contributed by atoms with Crippen LogP contribution in [0.1, 0.15) is 75.2 Å². The van der Waals surface area contributed by atoms with Gasteiger partial charge in [0.2, 0.25) is 0 Å². The maximum atomic E-state index is 13.4. The van der Waals surface area contributed by atoms with Crippen LogP contribution in [0.2, 0.25) is 0 Å². The Hall–Kier alpha value is -10.4. The summed E-state index contributed by atoms with van der Waals surface area (Å²) < 4.78 is 77.9. The molecule has 9 rings (SSSR count). The number of rotatable bonds is 22. The Morgan fingerprint density at radius 1 is 0.489 bits per heavy atom. The number of anilines is 4. The van der Waals surface area contributed by atoms with Crippen molar-refractivity contribution in [1.82, 2.24) is 47.6 Å². The number of amides is 6. The molecule has 4 aromatic heterocycles. The van der Waals surface area contributed by atoms with Crippen LogP contribution in [0.3, 0.4) is 0 Å². The molecular formula is C66H76N14O12S2. The van der Waals surface area contributed by atoms with Gasteiger partial charge in [-0.3, -0.25) is 20.6 Å². The molecule has 26 nitrogen and oxygen atoms in total. The van der Waals surface area contributed by atoms with Crippen LogP contribution in [0, 0.1) is 0 Å². The summed E-state index contributed by atoms with van der Waals surface area (Å²) in [5, 5.41) is 22.8. The highest BCUT2D eigenvalue weighted by Gasteiger charge is 2.25. The van der Waals surface area contributed by atoms with E-state index < -0.39 is 44.7 Å². The molecule has 94 heavy (non-hydrogen) atoms. The Morgan fingerprint density at radius 3 is 1.37 bits per heavy atom. The zero-order valence-electron chi connectivity index (χ0n) is 53.7. The van der Waals surface area contributed by atoms with Crippen molar-refractivity contribution in [2.45, 2.75) is 78.4 Å². The number of aromatic nitrogens is 6. The smallest absolute Gasteiger partial charge is 0.422 e. The van der Waals surface area contributed by atoms with Crippen molar-refractivity contribution < 1.29 is 55.0 Å². The molecule has 0 saturated heterocycles. The van der Waals surface area contributed by atoms with Crippen LogP contribution in [0.4, 0.5) is 42.2 Å². The molecule has 0 saturated carbocycles. The van der Waals surface area contributed by atoms with E-state index in [-0.39, 0.29) is 24.0 Å². The highest BCUT2D eigenvalue weighted by Crippen LogP contribution is 2.33. The quantitative estimate of drug-likeness (QED) is 0.0367. The third kappa shape index (κ3) is 19.8. The van der Waals surface area contributed by atoms with E-state index in [0.717, 1.165) is 48.3 Å². The number of carbonyl (C=O) groups excluding carboxylic acids is 4. The maximum Gasteiger partial charge on any atom is 0.422 e. The van der Waals surface area contributed by atoms with Gasteiger partial charge in [-0.05, 0) is 95.1 Å². The second kappa shape index (κ2) is 30.8. The lowest BCUT2D eigenvalue weighted by atomic mass is 9.92. The predicted octanol–water partition coefficient (Wildman–Crippen LogP) is 10.9. The first-order valence-corrected chi connectivity index (χ1v) is 32.4. The first kappa shape index (κ1) is 69.5. The summed E-state index contributed by atoms with van der Waals surface area (Å²) in [6.45, 7) is 12.8. The number of nitrogens with zero attached hydrogens (tertiary/aromatic N) is 8. The fourth-order valence-corrected chi connectivity index (χ4v) is 9.53. The van der Waals surface area contributed by atoms with Gasteiger partial charge in [0.25, 0.3) is 0 Å². The molecule has 0 bridgehead atoms. The van der Waals surface area contributed by atoms with Gasteiger partial charge >= 0.3 is 44.7 Å². The molecule has 0 fully saturated rings. The molecule has 6 amide bonds. The van der Waals surface area contributed by atoms with Crippen LogP contribution >= 0.6 is 0 Å². The number of pyridine rings is 2. The van der Waals surface area contributed by atoms with Crippen LogP contribution in [0.5, 0.6) is 11.5 Å². The Morgan fingerprint density at radius 2 is 0.936 bits per heavy atom. The van der Waals surface area contributed by atoms with Crippen LogP contribution in [0.25, 0.3) is 22.1 Å². The standard InChI is InChI=1S/C35H39N7O6S.C31H37N7O6S/c1-35(2,3)31-21-32(42(39-31)26-14-12-25(13-15-26)23-48-34(44)40-49(45,46)41(4)5)38-33(43)37-29-16-17-30(28-11-7-6-10-27(28)29)47-20-18-24-9-8-19-36-22-24;1-31(2,3)27-19-28(34-29(39)33-24-10-14-26(15-11-24)43-18-16-22-7-6-17-32-20-22)38(35-27)25-12-8-23(9-13-25)21-44-30(40)36-45(41,42)37(4)5/h6-17,19,21-22H,18,20,23H2,1-5H3,(H,40,44)(H2,37,38,43);6-15,17,19-20H,16,18,21H2,1-5H3,(H,36,40)(H2,33,34,39). The second-order valence-corrected chi connectivity index (χ2v) is 27.4. The maximum absolute atomic E-state index is 13.4. The lowest BCUT2D eigenvalue weighted by Gasteiger charge is -2.15. The van der Waals surface area contributed by atoms with Crippen molar-refractivity contribution in [3.05, 3.63) is 204 Å². The molecule has 494 valence electrons. The molecular weight excluding hydrogens is 1240 g/mol. The van der Waals surface area contributed by atoms with Gasteiger partial charge in [-0.15, -0.1) is 0 Å². The molecule has 6 N–H and O–H groups in total. The minimum atomic E-state index is -3.96. The summed E-state index contributed by atoms with van der Waals surface area (Å²) >= 11 is 0. The summed E-state index contributed by atoms with van der Waals surface area (Å²) in [6.07, 6.45) is 6.37. The van der Waals surface area contributed by atoms with E-state index in [2.05, 4.69) is 31.2 Å². The Balaban J connectivity index is 0.000000242. The van der Waals surface area contributed by atoms with Crippen LogP contribution in [-0.2, 0) is 66.8 Å². The highest BCUT2D eigenvalue weighted by molar-refractivity contribution is 7.87. The van der Waals surface area contributed by atoms with Crippen LogP contribution < -0.4 is 40.2 Å². The number of benzene rings is 5. The van der Waals surface area contributed by atoms with E-state index in [0.29, 0.717) is 76.6 Å². The minimum absolute atomic E-state index is 0.150. The molecule has 0 radical (unpaired) electrons. The van der Waals surface area contributed by atoms with E-state index in [1.165, 1.54) is 28.2 Å². The number of carbonyl (C=O) groups is 4. The highest BCUT2D eigenvalue weighted by atomic mass is 32.2. The number of ether oxygens (including phenoxy) is 4. The fourth-order valence-electron chi connectivity index (χ4n) is 8.63. The van der Waals surface area contributed by atoms with Gasteiger partial charge in [0.05, 0.1) is 41.7 Å². The summed E-state index contributed by atoms with van der Waals surface area (Å²) in [5.41, 5.74) is 6.82. The molecule has 0 spiro atoms. The zero-order valence-corrected chi connectivity index (χ0v) is 55.3. The van der Waals surface area contributed by atoms with Gasteiger partial charge < -0.3 is 29.6 Å². The van der Waals surface area contributed by atoms with Crippen molar-refractivity contribution in [1.29, 1.82) is 0 Å². The minimum Gasteiger partial charge on any atom is -0.493 e. The van der Waals surface area contributed by atoms with E-state index in [1.54, 1.807) is 94.6 Å². The van der Waals surface area contributed by atoms with Gasteiger partial charge in [0.1, 0.15) is 36.3 Å². The largest absolute Gasteiger partial charge is 0.493 e. The number of hydrogen-bond acceptors (Lipinski definition) is 16. The Labute approximate surface area is 546 Å². The van der Waals surface area contributed by atoms with Gasteiger partial charge in [-0.1, -0.05) is 102 Å². The number of nitrogens with one attached hydrogen (secondary N) is 6. The summed E-state index contributed by atoms with van der Waals surface area (Å²) in [6, 6.07) is 42.9. The summed E-state index contributed by atoms with van der Waals surface area (Å²) in [4.78, 5) is 58.5. The third-order valence-electron chi connectivity index (χ3n) is 13.9. The van der Waals surface area contributed by atoms with Crippen molar-refractivity contribution in [3.8, 4) is 22.9 Å². The van der Waals surface area contributed by atoms with Gasteiger partial charge in [0.15, 0.2) is 0 Å². The third-order valence-corrected chi connectivity index (χ3v) is 16.7. The van der Waals surface area contributed by atoms with E-state index in [1.807, 2.05) is 136 Å². The number of fused-ring (bicyclic) bond motifs is 1. The summed E-state index contributed by atoms with van der Waals surface area (Å²) in [7, 11) is -2.74. The zero-order chi connectivity index (χ0) is 67.8. The van der Waals surface area contributed by atoms with Crippen molar-refractivity contribution in [2.24, 2.45) is 0 Å². The number of urea groups is 2. The topological polar surface area (TPSA) is 314 Å². The van der Waals surface area contributed by atoms with Crippen molar-refractivity contribution >= 4 is 78.5 Å². The fraction of sp³-hybridized carbons (Fsp3) is 0.273. The predicted molar refractivity (Wildman–Crippen MR) is 359 cm³/mol. The normalized spacial score (nSPS) is 11.7. The van der Waals surface area contributed by atoms with Crippen molar-refractivity contribution in [3.63, 3.8) is 0 Å². The van der Waals surface area contributed by atoms with Gasteiger partial charge in [-0.2, -0.15) is 35.6 Å². The van der Waals surface area contributed by atoms with E-state index in [9.17, 15) is 36.0 Å². The summed E-state index contributed by atoms with van der Waals surface area (Å²) in [5.74, 6) is 2.29. The molecule has 28 heteroatoms. The lowest BCUT2D eigenvalue weighted by molar-refractivity contribution is 0.144. The monoisotopic (exact) mass is 1320 g/mol.